The van der Waals surface area contributed by atoms with E-state index in [1.165, 1.54) is 24.3 Å². The first kappa shape index (κ1) is 20.8. The van der Waals surface area contributed by atoms with Crippen LogP contribution in [-0.4, -0.2) is 5.97 Å². The van der Waals surface area contributed by atoms with E-state index in [0.29, 0.717) is 22.8 Å². The molecule has 156 valence electrons. The Morgan fingerprint density at radius 2 is 1.74 bits per heavy atom. The fourth-order valence-electron chi connectivity index (χ4n) is 3.85. The Morgan fingerprint density at radius 1 is 1.00 bits per heavy atom. The lowest BCUT2D eigenvalue weighted by Crippen LogP contribution is -2.11. The van der Waals surface area contributed by atoms with Crippen LogP contribution in [0.15, 0.2) is 67.3 Å². The van der Waals surface area contributed by atoms with Gasteiger partial charge in [0.05, 0.1) is 5.56 Å². The van der Waals surface area contributed by atoms with E-state index in [0.717, 1.165) is 37.3 Å². The van der Waals surface area contributed by atoms with Gasteiger partial charge in [0.15, 0.2) is 11.6 Å². The maximum Gasteiger partial charge on any atom is 0.343 e. The number of allylic oxidation sites excluding steroid dienone is 1. The van der Waals surface area contributed by atoms with Gasteiger partial charge in [-0.25, -0.2) is 13.6 Å². The molecule has 1 aliphatic rings. The van der Waals surface area contributed by atoms with Gasteiger partial charge in [-0.1, -0.05) is 24.0 Å². The lowest BCUT2D eigenvalue weighted by Gasteiger charge is -2.22. The quantitative estimate of drug-likeness (QED) is 0.206. The summed E-state index contributed by atoms with van der Waals surface area (Å²) in [7, 11) is 0. The predicted molar refractivity (Wildman–Crippen MR) is 118 cm³/mol. The first-order valence-corrected chi connectivity index (χ1v) is 10.4. The van der Waals surface area contributed by atoms with Crippen LogP contribution in [-0.2, 0) is 0 Å². The standard InChI is InChI=1S/C27H22F2O2/c1-2-18-3-5-19(6-4-18)7-8-20-9-11-21(12-10-20)27(30)31-23-14-15-24-22(17-23)13-16-25(28)26(24)29/h2,9-19H,1,3-6H2. The van der Waals surface area contributed by atoms with E-state index in [1.807, 2.05) is 6.08 Å². The van der Waals surface area contributed by atoms with Crippen molar-refractivity contribution in [2.45, 2.75) is 25.7 Å². The van der Waals surface area contributed by atoms with E-state index >= 15 is 0 Å². The van der Waals surface area contributed by atoms with Gasteiger partial charge in [0, 0.05) is 16.9 Å². The van der Waals surface area contributed by atoms with Gasteiger partial charge < -0.3 is 4.74 Å². The van der Waals surface area contributed by atoms with Gasteiger partial charge in [-0.3, -0.25) is 0 Å². The molecule has 0 aliphatic heterocycles. The summed E-state index contributed by atoms with van der Waals surface area (Å²) in [4.78, 5) is 12.4. The van der Waals surface area contributed by atoms with E-state index in [9.17, 15) is 13.6 Å². The molecular formula is C27H22F2O2. The Labute approximate surface area is 180 Å². The first-order valence-electron chi connectivity index (χ1n) is 10.4. The summed E-state index contributed by atoms with van der Waals surface area (Å²) in [6, 6.07) is 13.8. The minimum absolute atomic E-state index is 0.140. The number of ether oxygens (including phenoxy) is 1. The average molecular weight is 416 g/mol. The lowest BCUT2D eigenvalue weighted by molar-refractivity contribution is 0.0735. The van der Waals surface area contributed by atoms with Crippen LogP contribution in [0.5, 0.6) is 5.75 Å². The van der Waals surface area contributed by atoms with Crippen molar-refractivity contribution in [3.05, 3.63) is 90.0 Å². The molecule has 3 aromatic carbocycles. The fraction of sp³-hybridized carbons (Fsp3) is 0.222. The highest BCUT2D eigenvalue weighted by atomic mass is 19.2. The Balaban J connectivity index is 1.41. The largest absolute Gasteiger partial charge is 0.423 e. The third-order valence-corrected chi connectivity index (χ3v) is 5.74. The molecule has 0 spiro atoms. The van der Waals surface area contributed by atoms with Crippen LogP contribution in [0.1, 0.15) is 41.6 Å². The topological polar surface area (TPSA) is 26.3 Å². The third-order valence-electron chi connectivity index (χ3n) is 5.74. The summed E-state index contributed by atoms with van der Waals surface area (Å²) in [5.74, 6) is 5.48. The molecule has 0 atom stereocenters. The SMILES string of the molecule is C=CC1CCC(C#Cc2ccc(C(=O)Oc3ccc4c(F)c(F)ccc4c3)cc2)CC1. The number of hydrogen-bond donors (Lipinski definition) is 0. The highest BCUT2D eigenvalue weighted by Gasteiger charge is 2.17. The van der Waals surface area contributed by atoms with Gasteiger partial charge in [-0.05, 0) is 85.5 Å². The fourth-order valence-corrected chi connectivity index (χ4v) is 3.85. The second-order valence-corrected chi connectivity index (χ2v) is 7.83. The molecule has 4 rings (SSSR count). The summed E-state index contributed by atoms with van der Waals surface area (Å²) < 4.78 is 32.5. The van der Waals surface area contributed by atoms with Crippen LogP contribution in [0, 0.1) is 35.3 Å². The molecule has 1 fully saturated rings. The summed E-state index contributed by atoms with van der Waals surface area (Å²) in [6.45, 7) is 3.87. The number of hydrogen-bond acceptors (Lipinski definition) is 2. The minimum Gasteiger partial charge on any atom is -0.423 e. The normalized spacial score (nSPS) is 18.1. The van der Waals surface area contributed by atoms with E-state index in [-0.39, 0.29) is 11.1 Å². The van der Waals surface area contributed by atoms with E-state index in [2.05, 4.69) is 18.4 Å². The van der Waals surface area contributed by atoms with Crippen LogP contribution in [0.4, 0.5) is 8.78 Å². The van der Waals surface area contributed by atoms with Crippen molar-refractivity contribution in [1.82, 2.24) is 0 Å². The van der Waals surface area contributed by atoms with Gasteiger partial charge in [0.1, 0.15) is 5.75 Å². The van der Waals surface area contributed by atoms with Crippen molar-refractivity contribution < 1.29 is 18.3 Å². The van der Waals surface area contributed by atoms with Crippen molar-refractivity contribution in [3.63, 3.8) is 0 Å². The molecular weight excluding hydrogens is 394 g/mol. The summed E-state index contributed by atoms with van der Waals surface area (Å²) >= 11 is 0. The third kappa shape index (κ3) is 4.83. The predicted octanol–water partition coefficient (Wildman–Crippen LogP) is 6.68. The molecule has 0 radical (unpaired) electrons. The molecule has 0 bridgehead atoms. The second-order valence-electron chi connectivity index (χ2n) is 7.83. The molecule has 0 amide bonds. The zero-order valence-corrected chi connectivity index (χ0v) is 17.0. The van der Waals surface area contributed by atoms with E-state index in [4.69, 9.17) is 4.74 Å². The number of esters is 1. The maximum absolute atomic E-state index is 13.8. The molecule has 0 aromatic heterocycles. The Hall–Kier alpha value is -3.45. The highest BCUT2D eigenvalue weighted by molar-refractivity contribution is 5.92. The molecule has 0 heterocycles. The second kappa shape index (κ2) is 9.14. The van der Waals surface area contributed by atoms with Crippen molar-refractivity contribution >= 4 is 16.7 Å². The molecule has 0 unspecified atom stereocenters. The van der Waals surface area contributed by atoms with Crippen LogP contribution >= 0.6 is 0 Å². The highest BCUT2D eigenvalue weighted by Crippen LogP contribution is 2.29. The number of carbonyl (C=O) groups is 1. The molecule has 1 saturated carbocycles. The first-order chi connectivity index (χ1) is 15.0. The average Bonchev–Trinajstić information content (AvgIpc) is 2.81. The Morgan fingerprint density at radius 3 is 2.45 bits per heavy atom. The van der Waals surface area contributed by atoms with Crippen molar-refractivity contribution in [3.8, 4) is 17.6 Å². The molecule has 31 heavy (non-hydrogen) atoms. The van der Waals surface area contributed by atoms with Crippen LogP contribution in [0.3, 0.4) is 0 Å². The van der Waals surface area contributed by atoms with Gasteiger partial charge >= 0.3 is 5.97 Å². The molecule has 4 heteroatoms. The molecule has 1 aliphatic carbocycles. The summed E-state index contributed by atoms with van der Waals surface area (Å²) in [5, 5.41) is 0.595. The summed E-state index contributed by atoms with van der Waals surface area (Å²) in [6.07, 6.45) is 6.51. The van der Waals surface area contributed by atoms with Gasteiger partial charge in [-0.2, -0.15) is 0 Å². The zero-order valence-electron chi connectivity index (χ0n) is 17.0. The number of fused-ring (bicyclic) bond motifs is 1. The van der Waals surface area contributed by atoms with Crippen LogP contribution < -0.4 is 4.74 Å². The smallest absolute Gasteiger partial charge is 0.343 e. The number of rotatable bonds is 3. The van der Waals surface area contributed by atoms with Gasteiger partial charge in [0.25, 0.3) is 0 Å². The Kier molecular flexibility index (Phi) is 6.13. The maximum atomic E-state index is 13.8. The lowest BCUT2D eigenvalue weighted by atomic mass is 9.82. The van der Waals surface area contributed by atoms with E-state index < -0.39 is 17.6 Å². The van der Waals surface area contributed by atoms with Gasteiger partial charge in [0.2, 0.25) is 0 Å². The van der Waals surface area contributed by atoms with E-state index in [1.54, 1.807) is 24.3 Å². The van der Waals surface area contributed by atoms with Crippen LogP contribution in [0.25, 0.3) is 10.8 Å². The monoisotopic (exact) mass is 416 g/mol. The number of carbonyl (C=O) groups excluding carboxylic acids is 1. The van der Waals surface area contributed by atoms with Crippen molar-refractivity contribution in [1.29, 1.82) is 0 Å². The van der Waals surface area contributed by atoms with Crippen molar-refractivity contribution in [2.75, 3.05) is 0 Å². The molecule has 3 aromatic rings. The van der Waals surface area contributed by atoms with Gasteiger partial charge in [-0.15, -0.1) is 6.58 Å². The molecule has 2 nitrogen and oxygen atoms in total. The number of halogens is 2. The van der Waals surface area contributed by atoms with Crippen LogP contribution in [0.2, 0.25) is 0 Å². The minimum atomic E-state index is -0.916. The van der Waals surface area contributed by atoms with Crippen molar-refractivity contribution in [2.24, 2.45) is 11.8 Å². The molecule has 0 N–H and O–H groups in total. The molecule has 0 saturated heterocycles. The Bertz CT molecular complexity index is 1180. The zero-order chi connectivity index (χ0) is 21.8. The number of benzene rings is 3. The summed E-state index contributed by atoms with van der Waals surface area (Å²) in [5.41, 5.74) is 1.24.